The van der Waals surface area contributed by atoms with Gasteiger partial charge in [0.25, 0.3) is 0 Å². The number of hydrogen-bond donors (Lipinski definition) is 1. The molecule has 3 rings (SSSR count). The number of rotatable bonds is 2. The minimum atomic E-state index is -0.138. The second-order valence-electron chi connectivity index (χ2n) is 9.01. The lowest BCUT2D eigenvalue weighted by Crippen LogP contribution is -2.50. The Morgan fingerprint density at radius 2 is 1.91 bits per heavy atom. The van der Waals surface area contributed by atoms with Crippen LogP contribution in [0.25, 0.3) is 0 Å². The van der Waals surface area contributed by atoms with Crippen LogP contribution in [0.15, 0.2) is 36.0 Å². The van der Waals surface area contributed by atoms with Gasteiger partial charge < -0.3 is 5.73 Å². The molecule has 6 unspecified atom stereocenters. The molecular formula is C22H35N. The summed E-state index contributed by atoms with van der Waals surface area (Å²) in [5.41, 5.74) is 8.69. The van der Waals surface area contributed by atoms with Gasteiger partial charge in [-0.2, -0.15) is 0 Å². The van der Waals surface area contributed by atoms with Crippen molar-refractivity contribution in [2.24, 2.45) is 34.8 Å². The largest absolute Gasteiger partial charge is 0.322 e. The van der Waals surface area contributed by atoms with Crippen molar-refractivity contribution in [2.45, 2.75) is 71.8 Å². The van der Waals surface area contributed by atoms with Gasteiger partial charge in [0, 0.05) is 5.54 Å². The van der Waals surface area contributed by atoms with Crippen LogP contribution in [-0.4, -0.2) is 5.54 Å². The van der Waals surface area contributed by atoms with Gasteiger partial charge in [-0.15, -0.1) is 0 Å². The summed E-state index contributed by atoms with van der Waals surface area (Å²) in [6.45, 7) is 9.57. The third-order valence-electron chi connectivity index (χ3n) is 7.02. The van der Waals surface area contributed by atoms with E-state index in [1.165, 1.54) is 38.5 Å². The lowest BCUT2D eigenvalue weighted by atomic mass is 9.58. The SMILES string of the molecule is CC1C=CC(C)(N)C(C2CCC=C(C3(C)CC=CCC3)C2C)C1. The van der Waals surface area contributed by atoms with Crippen LogP contribution in [-0.2, 0) is 0 Å². The van der Waals surface area contributed by atoms with Crippen molar-refractivity contribution in [2.75, 3.05) is 0 Å². The topological polar surface area (TPSA) is 26.0 Å². The Morgan fingerprint density at radius 1 is 1.13 bits per heavy atom. The van der Waals surface area contributed by atoms with Crippen molar-refractivity contribution < 1.29 is 0 Å². The zero-order chi connectivity index (χ0) is 16.7. The average molecular weight is 314 g/mol. The summed E-state index contributed by atoms with van der Waals surface area (Å²) in [5, 5.41) is 0. The van der Waals surface area contributed by atoms with Crippen molar-refractivity contribution in [3.8, 4) is 0 Å². The lowest BCUT2D eigenvalue weighted by Gasteiger charge is -2.49. The molecule has 0 amide bonds. The molecule has 0 spiro atoms. The van der Waals surface area contributed by atoms with E-state index in [-0.39, 0.29) is 5.54 Å². The fourth-order valence-corrected chi connectivity index (χ4v) is 5.54. The predicted octanol–water partition coefficient (Wildman–Crippen LogP) is 5.63. The Balaban J connectivity index is 1.84. The average Bonchev–Trinajstić information content (AvgIpc) is 2.51. The third-order valence-corrected chi connectivity index (χ3v) is 7.02. The molecule has 23 heavy (non-hydrogen) atoms. The normalized spacial score (nSPS) is 47.4. The molecule has 128 valence electrons. The van der Waals surface area contributed by atoms with Crippen LogP contribution in [0.2, 0.25) is 0 Å². The maximum Gasteiger partial charge on any atom is 0.0342 e. The fourth-order valence-electron chi connectivity index (χ4n) is 5.54. The molecule has 2 N–H and O–H groups in total. The van der Waals surface area contributed by atoms with E-state index in [0.717, 1.165) is 5.92 Å². The van der Waals surface area contributed by atoms with E-state index in [1.807, 2.05) is 0 Å². The highest BCUT2D eigenvalue weighted by molar-refractivity contribution is 5.25. The summed E-state index contributed by atoms with van der Waals surface area (Å²) < 4.78 is 0. The third kappa shape index (κ3) is 3.22. The van der Waals surface area contributed by atoms with Crippen molar-refractivity contribution in [1.29, 1.82) is 0 Å². The van der Waals surface area contributed by atoms with Crippen LogP contribution in [0.3, 0.4) is 0 Å². The second kappa shape index (κ2) is 6.24. The van der Waals surface area contributed by atoms with Gasteiger partial charge in [0.1, 0.15) is 0 Å². The molecule has 0 saturated heterocycles. The zero-order valence-corrected chi connectivity index (χ0v) is 15.5. The quantitative estimate of drug-likeness (QED) is 0.656. The Hall–Kier alpha value is -0.820. The van der Waals surface area contributed by atoms with Crippen molar-refractivity contribution in [3.63, 3.8) is 0 Å². The van der Waals surface area contributed by atoms with Gasteiger partial charge in [-0.25, -0.2) is 0 Å². The first-order valence-corrected chi connectivity index (χ1v) is 9.67. The van der Waals surface area contributed by atoms with E-state index in [1.54, 1.807) is 5.57 Å². The highest BCUT2D eigenvalue weighted by atomic mass is 14.8. The van der Waals surface area contributed by atoms with Crippen LogP contribution in [0.1, 0.15) is 66.2 Å². The predicted molar refractivity (Wildman–Crippen MR) is 100 cm³/mol. The van der Waals surface area contributed by atoms with E-state index in [2.05, 4.69) is 58.1 Å². The van der Waals surface area contributed by atoms with Crippen LogP contribution in [0, 0.1) is 29.1 Å². The maximum atomic E-state index is 6.72. The van der Waals surface area contributed by atoms with Gasteiger partial charge in [-0.3, -0.25) is 0 Å². The summed E-state index contributed by atoms with van der Waals surface area (Å²) in [5.74, 6) is 2.70. The first kappa shape index (κ1) is 17.0. The number of allylic oxidation sites excluding steroid dienone is 5. The van der Waals surface area contributed by atoms with E-state index in [0.29, 0.717) is 23.2 Å². The summed E-state index contributed by atoms with van der Waals surface area (Å²) in [6.07, 6.45) is 19.5. The molecule has 0 bridgehead atoms. The molecule has 0 aromatic heterocycles. The van der Waals surface area contributed by atoms with Gasteiger partial charge in [0.2, 0.25) is 0 Å². The van der Waals surface area contributed by atoms with Crippen molar-refractivity contribution in [3.05, 3.63) is 36.0 Å². The molecule has 6 atom stereocenters. The lowest BCUT2D eigenvalue weighted by molar-refractivity contribution is 0.130. The fraction of sp³-hybridized carbons (Fsp3) is 0.727. The van der Waals surface area contributed by atoms with Gasteiger partial charge in [-0.1, -0.05) is 56.7 Å². The Bertz CT molecular complexity index is 524. The number of nitrogens with two attached hydrogens (primary N) is 1. The van der Waals surface area contributed by atoms with E-state index in [9.17, 15) is 0 Å². The van der Waals surface area contributed by atoms with Gasteiger partial charge in [-0.05, 0) is 74.5 Å². The first-order chi connectivity index (χ1) is 10.8. The van der Waals surface area contributed by atoms with Crippen LogP contribution < -0.4 is 5.73 Å². The monoisotopic (exact) mass is 313 g/mol. The summed E-state index contributed by atoms with van der Waals surface area (Å²) in [6, 6.07) is 0. The molecule has 0 aromatic rings. The zero-order valence-electron chi connectivity index (χ0n) is 15.5. The molecule has 1 nitrogen and oxygen atoms in total. The summed E-state index contributed by atoms with van der Waals surface area (Å²) in [4.78, 5) is 0. The molecule has 0 aromatic carbocycles. The minimum absolute atomic E-state index is 0.138. The van der Waals surface area contributed by atoms with Crippen molar-refractivity contribution in [1.82, 2.24) is 0 Å². The van der Waals surface area contributed by atoms with E-state index < -0.39 is 0 Å². The minimum Gasteiger partial charge on any atom is -0.322 e. The van der Waals surface area contributed by atoms with Gasteiger partial charge >= 0.3 is 0 Å². The molecule has 3 aliphatic carbocycles. The molecule has 0 radical (unpaired) electrons. The summed E-state index contributed by atoms with van der Waals surface area (Å²) >= 11 is 0. The highest BCUT2D eigenvalue weighted by Gasteiger charge is 2.44. The Kier molecular flexibility index (Phi) is 4.62. The van der Waals surface area contributed by atoms with Crippen LogP contribution >= 0.6 is 0 Å². The Morgan fingerprint density at radius 3 is 2.61 bits per heavy atom. The molecule has 0 saturated carbocycles. The molecule has 0 heterocycles. The van der Waals surface area contributed by atoms with E-state index in [4.69, 9.17) is 5.73 Å². The highest BCUT2D eigenvalue weighted by Crippen LogP contribution is 2.51. The Labute approximate surface area is 143 Å². The van der Waals surface area contributed by atoms with Gasteiger partial charge in [0.05, 0.1) is 0 Å². The molecule has 0 fully saturated rings. The first-order valence-electron chi connectivity index (χ1n) is 9.67. The van der Waals surface area contributed by atoms with Crippen LogP contribution in [0.4, 0.5) is 0 Å². The van der Waals surface area contributed by atoms with Crippen LogP contribution in [0.5, 0.6) is 0 Å². The molecule has 1 heteroatoms. The van der Waals surface area contributed by atoms with E-state index >= 15 is 0 Å². The molecule has 3 aliphatic rings. The summed E-state index contributed by atoms with van der Waals surface area (Å²) in [7, 11) is 0. The standard InChI is InChI=1S/C22H35N/c1-16-11-14-22(4,23)20(15-16)18-9-8-10-19(17(18)2)21(3)12-6-5-7-13-21/h5-6,10-11,14,16-18,20H,7-9,12-13,15,23H2,1-4H3. The maximum absolute atomic E-state index is 6.72. The number of hydrogen-bond acceptors (Lipinski definition) is 1. The van der Waals surface area contributed by atoms with Gasteiger partial charge in [0.15, 0.2) is 0 Å². The molecule has 0 aliphatic heterocycles. The van der Waals surface area contributed by atoms with Crippen molar-refractivity contribution >= 4 is 0 Å². The second-order valence-corrected chi connectivity index (χ2v) is 9.01. The smallest absolute Gasteiger partial charge is 0.0342 e. The molecular weight excluding hydrogens is 278 g/mol.